The first-order valence-corrected chi connectivity index (χ1v) is 14.3. The quantitative estimate of drug-likeness (QED) is 0.183. The molecule has 7 nitrogen and oxygen atoms in total. The van der Waals surface area contributed by atoms with Crippen LogP contribution in [0.1, 0.15) is 85.0 Å². The topological polar surface area (TPSA) is 81.2 Å². The maximum Gasteiger partial charge on any atom is 0.224 e. The molecule has 0 spiro atoms. The van der Waals surface area contributed by atoms with Gasteiger partial charge in [0.15, 0.2) is 10.9 Å². The number of thiocarbonyl (C=S) groups is 1. The third kappa shape index (κ3) is 9.41. The van der Waals surface area contributed by atoms with Crippen LogP contribution < -0.4 is 10.6 Å². The number of benzene rings is 1. The Kier molecular flexibility index (Phi) is 12.0. The average molecular weight is 541 g/mol. The number of unbranched alkanes of at least 4 members (excludes halogenated alkanes) is 9. The van der Waals surface area contributed by atoms with Gasteiger partial charge in [-0.25, -0.2) is 4.39 Å². The van der Waals surface area contributed by atoms with Gasteiger partial charge in [0.1, 0.15) is 30.7 Å². The summed E-state index contributed by atoms with van der Waals surface area (Å²) in [7, 11) is 0. The number of hydrogen-bond acceptors (Lipinski definition) is 6. The van der Waals surface area contributed by atoms with E-state index in [1.807, 2.05) is 0 Å². The lowest BCUT2D eigenvalue weighted by Crippen LogP contribution is -2.45. The molecule has 0 radical (unpaired) electrons. The van der Waals surface area contributed by atoms with Gasteiger partial charge in [-0.05, 0) is 56.8 Å². The lowest BCUT2D eigenvalue weighted by atomic mass is 10.1. The zero-order chi connectivity index (χ0) is 26.7. The van der Waals surface area contributed by atoms with Crippen LogP contribution in [0.25, 0.3) is 0 Å². The minimum atomic E-state index is -1.17. The van der Waals surface area contributed by atoms with E-state index in [4.69, 9.17) is 31.2 Å². The van der Waals surface area contributed by atoms with E-state index >= 15 is 0 Å². The average Bonchev–Trinajstić information content (AvgIpc) is 3.26. The van der Waals surface area contributed by atoms with Crippen LogP contribution in [0.4, 0.5) is 10.1 Å². The van der Waals surface area contributed by atoms with Gasteiger partial charge in [0.05, 0.1) is 0 Å². The molecule has 0 aliphatic carbocycles. The van der Waals surface area contributed by atoms with E-state index in [0.717, 1.165) is 12.8 Å². The van der Waals surface area contributed by atoms with Crippen LogP contribution in [0.2, 0.25) is 0 Å². The van der Waals surface area contributed by atoms with Crippen LogP contribution in [0.3, 0.4) is 0 Å². The van der Waals surface area contributed by atoms with Crippen molar-refractivity contribution in [3.8, 4) is 0 Å². The molecule has 2 heterocycles. The van der Waals surface area contributed by atoms with Gasteiger partial charge in [-0.3, -0.25) is 0 Å². The lowest BCUT2D eigenvalue weighted by molar-refractivity contribution is -0.277. The summed E-state index contributed by atoms with van der Waals surface area (Å²) in [5.74, 6) is -2.37. The number of hydrogen-bond donors (Lipinski definition) is 3. The maximum absolute atomic E-state index is 13.1. The molecule has 4 atom stereocenters. The molecular weight excluding hydrogens is 495 g/mol. The van der Waals surface area contributed by atoms with Crippen molar-refractivity contribution in [3.05, 3.63) is 30.1 Å². The summed E-state index contributed by atoms with van der Waals surface area (Å²) in [4.78, 5) is 0. The van der Waals surface area contributed by atoms with E-state index in [2.05, 4.69) is 17.6 Å². The number of anilines is 1. The fraction of sp³-hybridized carbons (Fsp3) is 0.750. The number of ether oxygens (including phenoxy) is 4. The molecule has 2 aliphatic rings. The number of fused-ring (bicyclic) bond motifs is 1. The summed E-state index contributed by atoms with van der Waals surface area (Å²) < 4.78 is 37.4. The molecule has 1 aromatic rings. The fourth-order valence-corrected chi connectivity index (χ4v) is 5.15. The van der Waals surface area contributed by atoms with Crippen LogP contribution >= 0.6 is 12.2 Å². The Labute approximate surface area is 226 Å². The highest BCUT2D eigenvalue weighted by molar-refractivity contribution is 7.80. The smallest absolute Gasteiger partial charge is 0.224 e. The van der Waals surface area contributed by atoms with Gasteiger partial charge in [0.2, 0.25) is 5.79 Å². The fourth-order valence-electron chi connectivity index (χ4n) is 4.95. The Bertz CT molecular complexity index is 827. The van der Waals surface area contributed by atoms with Gasteiger partial charge in [0.25, 0.3) is 0 Å². The highest BCUT2D eigenvalue weighted by atomic mass is 32.1. The highest BCUT2D eigenvalue weighted by Gasteiger charge is 2.64. The van der Waals surface area contributed by atoms with Crippen molar-refractivity contribution in [3.63, 3.8) is 0 Å². The minimum Gasteiger partial charge on any atom is -0.387 e. The van der Waals surface area contributed by atoms with E-state index < -0.39 is 29.9 Å². The van der Waals surface area contributed by atoms with Crippen molar-refractivity contribution in [1.29, 1.82) is 0 Å². The van der Waals surface area contributed by atoms with E-state index in [9.17, 15) is 9.50 Å². The number of nitrogens with one attached hydrogen (secondary N) is 2. The van der Waals surface area contributed by atoms with Gasteiger partial charge < -0.3 is 34.7 Å². The largest absolute Gasteiger partial charge is 0.387 e. The molecule has 3 rings (SSSR count). The molecule has 210 valence electrons. The van der Waals surface area contributed by atoms with Crippen molar-refractivity contribution in [2.45, 2.75) is 115 Å². The predicted molar refractivity (Wildman–Crippen MR) is 147 cm³/mol. The van der Waals surface area contributed by atoms with Gasteiger partial charge >= 0.3 is 0 Å². The molecule has 9 heteroatoms. The minimum absolute atomic E-state index is 0.185. The standard InChI is InChI=1S/C28H45FN2O5S/c1-4-5-6-7-8-9-10-11-12-13-18-33-20-28-25(35-27(2,3)36-28)24(32)23(34-28)19-30-26(37)31-22-16-14-21(29)15-17-22/h14-17,23-25,32H,4-13,18-20H2,1-3H3,(H2,30,31,37)/t23-,24+,25-,28-/m0/s1. The number of aliphatic hydroxyl groups excluding tert-OH is 1. The lowest BCUT2D eigenvalue weighted by Gasteiger charge is -2.28. The molecule has 2 saturated heterocycles. The summed E-state index contributed by atoms with van der Waals surface area (Å²) in [6, 6.07) is 5.90. The monoisotopic (exact) mass is 540 g/mol. The van der Waals surface area contributed by atoms with E-state index in [-0.39, 0.29) is 19.0 Å². The first-order valence-electron chi connectivity index (χ1n) is 13.9. The Morgan fingerprint density at radius 1 is 1.00 bits per heavy atom. The third-order valence-electron chi connectivity index (χ3n) is 6.82. The number of aliphatic hydroxyl groups is 1. The summed E-state index contributed by atoms with van der Waals surface area (Å²) in [6.45, 7) is 6.91. The van der Waals surface area contributed by atoms with Gasteiger partial charge in [0, 0.05) is 18.8 Å². The SMILES string of the molecule is CCCCCCCCCCCCOC[C@@]12O[C@@H](CNC(=S)Nc3ccc(F)cc3)[C@@H](O)[C@@H]1OC(C)(C)O2. The number of rotatable bonds is 16. The third-order valence-corrected chi connectivity index (χ3v) is 7.06. The van der Waals surface area contributed by atoms with Gasteiger partial charge in [-0.15, -0.1) is 0 Å². The molecule has 0 aromatic heterocycles. The molecule has 37 heavy (non-hydrogen) atoms. The Balaban J connectivity index is 1.37. The molecule has 2 aliphatic heterocycles. The molecule has 0 amide bonds. The molecule has 0 saturated carbocycles. The Morgan fingerprint density at radius 3 is 2.27 bits per heavy atom. The van der Waals surface area contributed by atoms with Crippen molar-refractivity contribution in [1.82, 2.24) is 5.32 Å². The Hall–Kier alpha value is -1.36. The van der Waals surface area contributed by atoms with Crippen molar-refractivity contribution < 1.29 is 28.4 Å². The summed E-state index contributed by atoms with van der Waals surface area (Å²) in [6.07, 6.45) is 10.5. The number of halogens is 1. The molecule has 1 aromatic carbocycles. The van der Waals surface area contributed by atoms with Crippen molar-refractivity contribution >= 4 is 23.0 Å². The van der Waals surface area contributed by atoms with Crippen LogP contribution in [-0.4, -0.2) is 59.9 Å². The summed E-state index contributed by atoms with van der Waals surface area (Å²) >= 11 is 5.33. The highest BCUT2D eigenvalue weighted by Crippen LogP contribution is 2.45. The molecular formula is C28H45FN2O5S. The second kappa shape index (κ2) is 14.7. The maximum atomic E-state index is 13.1. The van der Waals surface area contributed by atoms with Gasteiger partial charge in [-0.2, -0.15) is 0 Å². The molecule has 3 N–H and O–H groups in total. The first-order chi connectivity index (χ1) is 17.7. The zero-order valence-corrected chi connectivity index (χ0v) is 23.4. The zero-order valence-electron chi connectivity index (χ0n) is 22.6. The predicted octanol–water partition coefficient (Wildman–Crippen LogP) is 5.66. The van der Waals surface area contributed by atoms with Crippen molar-refractivity contribution in [2.24, 2.45) is 0 Å². The summed E-state index contributed by atoms with van der Waals surface area (Å²) in [5.41, 5.74) is 0.661. The van der Waals surface area contributed by atoms with Crippen molar-refractivity contribution in [2.75, 3.05) is 25.1 Å². The van der Waals surface area contributed by atoms with Crippen LogP contribution in [0.5, 0.6) is 0 Å². The van der Waals surface area contributed by atoms with E-state index in [1.54, 1.807) is 26.0 Å². The molecule has 2 fully saturated rings. The molecule has 0 bridgehead atoms. The second-order valence-corrected chi connectivity index (χ2v) is 11.0. The van der Waals surface area contributed by atoms with Gasteiger partial charge in [-0.1, -0.05) is 64.7 Å². The van der Waals surface area contributed by atoms with E-state index in [1.165, 1.54) is 63.5 Å². The van der Waals surface area contributed by atoms with Crippen LogP contribution in [0, 0.1) is 5.82 Å². The second-order valence-electron chi connectivity index (χ2n) is 10.6. The summed E-state index contributed by atoms with van der Waals surface area (Å²) in [5, 5.41) is 17.3. The van der Waals surface area contributed by atoms with E-state index in [0.29, 0.717) is 17.4 Å². The normalized spacial score (nSPS) is 26.2. The Morgan fingerprint density at radius 2 is 1.62 bits per heavy atom. The van der Waals surface area contributed by atoms with Crippen LogP contribution in [-0.2, 0) is 18.9 Å². The molecule has 0 unspecified atom stereocenters. The van der Waals surface area contributed by atoms with Crippen LogP contribution in [0.15, 0.2) is 24.3 Å². The first kappa shape index (κ1) is 30.2.